The highest BCUT2D eigenvalue weighted by molar-refractivity contribution is 5.70. The van der Waals surface area contributed by atoms with Crippen LogP contribution in [0.3, 0.4) is 0 Å². The van der Waals surface area contributed by atoms with E-state index in [4.69, 9.17) is 10.8 Å². The normalized spacial score (nSPS) is 11.9. The molecule has 2 aromatic rings. The Morgan fingerprint density at radius 3 is 3.00 bits per heavy atom. The number of hydrogen-bond donors (Lipinski definition) is 3. The van der Waals surface area contributed by atoms with Crippen LogP contribution in [0.2, 0.25) is 0 Å². The summed E-state index contributed by atoms with van der Waals surface area (Å²) >= 11 is 0. The third-order valence-corrected chi connectivity index (χ3v) is 3.10. The molecule has 0 saturated heterocycles. The van der Waals surface area contributed by atoms with Crippen LogP contribution in [-0.2, 0) is 7.05 Å². The van der Waals surface area contributed by atoms with Gasteiger partial charge in [0.1, 0.15) is 5.69 Å². The highest BCUT2D eigenvalue weighted by atomic mass is 16.4. The summed E-state index contributed by atoms with van der Waals surface area (Å²) in [7, 11) is 1.77. The van der Waals surface area contributed by atoms with Crippen molar-refractivity contribution in [3.63, 3.8) is 0 Å². The van der Waals surface area contributed by atoms with Crippen molar-refractivity contribution in [2.24, 2.45) is 7.05 Å². The third kappa shape index (κ3) is 3.19. The van der Waals surface area contributed by atoms with Crippen molar-refractivity contribution in [2.75, 3.05) is 5.73 Å². The van der Waals surface area contributed by atoms with Crippen LogP contribution in [0.15, 0.2) is 37.2 Å². The number of rotatable bonds is 5. The number of nitrogen functional groups attached to an aromatic ring is 1. The monoisotopic (exact) mass is 287 g/mol. The molecule has 21 heavy (non-hydrogen) atoms. The second kappa shape index (κ2) is 6.08. The van der Waals surface area contributed by atoms with Gasteiger partial charge < -0.3 is 16.2 Å². The molecule has 7 heteroatoms. The molecule has 0 aromatic carbocycles. The second-order valence-electron chi connectivity index (χ2n) is 4.57. The minimum absolute atomic E-state index is 0.379. The number of aromatic nitrogens is 3. The van der Waals surface area contributed by atoms with Crippen molar-refractivity contribution in [1.82, 2.24) is 20.1 Å². The molecule has 1 amide bonds. The van der Waals surface area contributed by atoms with Crippen molar-refractivity contribution in [1.29, 1.82) is 0 Å². The lowest BCUT2D eigenvalue weighted by Crippen LogP contribution is -2.26. The summed E-state index contributed by atoms with van der Waals surface area (Å²) in [6.45, 7) is 3.65. The molecule has 0 aliphatic heterocycles. The third-order valence-electron chi connectivity index (χ3n) is 3.10. The highest BCUT2D eigenvalue weighted by Crippen LogP contribution is 2.26. The van der Waals surface area contributed by atoms with Crippen LogP contribution in [0, 0.1) is 0 Å². The van der Waals surface area contributed by atoms with E-state index in [1.54, 1.807) is 42.3 Å². The van der Waals surface area contributed by atoms with Crippen LogP contribution in [0.1, 0.15) is 18.0 Å². The number of carboxylic acid groups (broad SMARTS) is 1. The van der Waals surface area contributed by atoms with Gasteiger partial charge in [-0.3, -0.25) is 9.67 Å². The zero-order valence-corrected chi connectivity index (χ0v) is 11.7. The highest BCUT2D eigenvalue weighted by Gasteiger charge is 2.16. The van der Waals surface area contributed by atoms with Gasteiger partial charge in [0.2, 0.25) is 0 Å². The molecule has 110 valence electrons. The van der Waals surface area contributed by atoms with Crippen molar-refractivity contribution in [3.05, 3.63) is 42.7 Å². The molecule has 0 radical (unpaired) electrons. The Bertz CT molecular complexity index is 646. The fraction of sp³-hybridized carbons (Fsp3) is 0.214. The average Bonchev–Trinajstić information content (AvgIpc) is 2.77. The van der Waals surface area contributed by atoms with Crippen molar-refractivity contribution in [2.45, 2.75) is 12.5 Å². The topological polar surface area (TPSA) is 106 Å². The van der Waals surface area contributed by atoms with Crippen LogP contribution in [0.25, 0.3) is 11.4 Å². The number of nitrogens with zero attached hydrogens (tertiary/aromatic N) is 3. The molecule has 4 N–H and O–H groups in total. The molecule has 0 unspecified atom stereocenters. The second-order valence-corrected chi connectivity index (χ2v) is 4.57. The average molecular weight is 287 g/mol. The smallest absolute Gasteiger partial charge is 0.405 e. The first-order valence-electron chi connectivity index (χ1n) is 6.37. The summed E-state index contributed by atoms with van der Waals surface area (Å²) in [6, 6.07) is 3.19. The fourth-order valence-electron chi connectivity index (χ4n) is 2.16. The van der Waals surface area contributed by atoms with E-state index in [1.807, 2.05) is 0 Å². The molecular formula is C14H17N5O2. The number of nitrogens with two attached hydrogens (primary N) is 1. The Morgan fingerprint density at radius 1 is 1.67 bits per heavy atom. The van der Waals surface area contributed by atoms with Crippen molar-refractivity contribution in [3.8, 4) is 11.4 Å². The largest absolute Gasteiger partial charge is 0.465 e. The number of amides is 1. The summed E-state index contributed by atoms with van der Waals surface area (Å²) in [5, 5.41) is 15.5. The molecule has 2 rings (SSSR count). The molecule has 0 bridgehead atoms. The molecular weight excluding hydrogens is 270 g/mol. The fourth-order valence-corrected chi connectivity index (χ4v) is 2.16. The van der Waals surface area contributed by atoms with Gasteiger partial charge in [0, 0.05) is 13.2 Å². The summed E-state index contributed by atoms with van der Waals surface area (Å²) in [5.41, 5.74) is 8.55. The van der Waals surface area contributed by atoms with Gasteiger partial charge in [-0.25, -0.2) is 4.79 Å². The van der Waals surface area contributed by atoms with Crippen LogP contribution in [0.4, 0.5) is 10.5 Å². The van der Waals surface area contributed by atoms with Gasteiger partial charge in [-0.1, -0.05) is 6.08 Å². The Hall–Kier alpha value is -2.83. The van der Waals surface area contributed by atoms with Crippen LogP contribution in [0.5, 0.6) is 0 Å². The van der Waals surface area contributed by atoms with Gasteiger partial charge in [-0.2, -0.15) is 5.10 Å². The van der Waals surface area contributed by atoms with Crippen LogP contribution >= 0.6 is 0 Å². The number of nitrogens with one attached hydrogen (secondary N) is 1. The van der Waals surface area contributed by atoms with E-state index in [1.165, 1.54) is 0 Å². The summed E-state index contributed by atoms with van der Waals surface area (Å²) in [6.07, 6.45) is 4.24. The minimum atomic E-state index is -1.08. The number of carbonyl (C=O) groups is 1. The molecule has 7 nitrogen and oxygen atoms in total. The zero-order valence-electron chi connectivity index (χ0n) is 11.7. The Kier molecular flexibility index (Phi) is 4.22. The Balaban J connectivity index is 2.40. The predicted molar refractivity (Wildman–Crippen MR) is 79.6 cm³/mol. The maximum atomic E-state index is 10.9. The van der Waals surface area contributed by atoms with Gasteiger partial charge in [-0.05, 0) is 24.1 Å². The summed E-state index contributed by atoms with van der Waals surface area (Å²) in [4.78, 5) is 15.2. The van der Waals surface area contributed by atoms with Crippen molar-refractivity contribution < 1.29 is 9.90 Å². The SMILES string of the molecule is C=CC[C@H](NC(=O)O)c1ccnc(-c2c(N)cnn2C)c1. The first kappa shape index (κ1) is 14.6. The predicted octanol–water partition coefficient (Wildman–Crippen LogP) is 1.95. The lowest BCUT2D eigenvalue weighted by atomic mass is 10.0. The molecule has 0 spiro atoms. The van der Waals surface area contributed by atoms with Gasteiger partial charge in [0.25, 0.3) is 0 Å². The van der Waals surface area contributed by atoms with Crippen molar-refractivity contribution >= 4 is 11.8 Å². The quantitative estimate of drug-likeness (QED) is 0.729. The number of aryl methyl sites for hydroxylation is 1. The minimum Gasteiger partial charge on any atom is -0.465 e. The Morgan fingerprint density at radius 2 is 2.43 bits per heavy atom. The lowest BCUT2D eigenvalue weighted by molar-refractivity contribution is 0.190. The first-order chi connectivity index (χ1) is 10.0. The van der Waals surface area contributed by atoms with Gasteiger partial charge in [0.15, 0.2) is 0 Å². The molecule has 0 saturated carbocycles. The van der Waals surface area contributed by atoms with Gasteiger partial charge in [0.05, 0.1) is 23.6 Å². The van der Waals surface area contributed by atoms with E-state index in [-0.39, 0.29) is 6.04 Å². The Labute approximate surface area is 122 Å². The van der Waals surface area contributed by atoms with E-state index in [0.717, 1.165) is 5.56 Å². The summed E-state index contributed by atoms with van der Waals surface area (Å²) in [5.74, 6) is 0. The van der Waals surface area contributed by atoms with Gasteiger partial charge >= 0.3 is 6.09 Å². The van der Waals surface area contributed by atoms with E-state index in [2.05, 4.69) is 22.0 Å². The summed E-state index contributed by atoms with van der Waals surface area (Å²) < 4.78 is 1.63. The zero-order chi connectivity index (χ0) is 15.4. The van der Waals surface area contributed by atoms with Crippen LogP contribution in [-0.4, -0.2) is 26.0 Å². The molecule has 2 heterocycles. The van der Waals surface area contributed by atoms with E-state index >= 15 is 0 Å². The van der Waals surface area contributed by atoms with E-state index in [0.29, 0.717) is 23.5 Å². The number of pyridine rings is 1. The van der Waals surface area contributed by atoms with E-state index < -0.39 is 6.09 Å². The molecule has 2 aromatic heterocycles. The van der Waals surface area contributed by atoms with E-state index in [9.17, 15) is 4.79 Å². The van der Waals surface area contributed by atoms with Gasteiger partial charge in [-0.15, -0.1) is 6.58 Å². The number of hydrogen-bond acceptors (Lipinski definition) is 4. The molecule has 0 aliphatic carbocycles. The van der Waals surface area contributed by atoms with Crippen LogP contribution < -0.4 is 11.1 Å². The maximum Gasteiger partial charge on any atom is 0.405 e. The standard InChI is InChI=1S/C14H17N5O2/c1-3-4-11(18-14(20)21)9-5-6-16-12(7-9)13-10(15)8-17-19(13)2/h3,5-8,11,18H,1,4,15H2,2H3,(H,20,21)/t11-/m0/s1. The molecule has 0 aliphatic rings. The first-order valence-corrected chi connectivity index (χ1v) is 6.37. The molecule has 1 atom stereocenters. The lowest BCUT2D eigenvalue weighted by Gasteiger charge is -2.16. The number of anilines is 1. The molecule has 0 fully saturated rings. The maximum absolute atomic E-state index is 10.9.